The van der Waals surface area contributed by atoms with Gasteiger partial charge in [-0.3, -0.25) is 0 Å². The van der Waals surface area contributed by atoms with Crippen molar-refractivity contribution in [3.8, 4) is 0 Å². The summed E-state index contributed by atoms with van der Waals surface area (Å²) in [6.07, 6.45) is -1.91. The van der Waals surface area contributed by atoms with Gasteiger partial charge in [0.25, 0.3) is 0 Å². The second-order valence-corrected chi connectivity index (χ2v) is 6.98. The number of allylic oxidation sites excluding steroid dienone is 1. The van der Waals surface area contributed by atoms with E-state index in [4.69, 9.17) is 27.9 Å². The third-order valence-electron chi connectivity index (χ3n) is 4.20. The van der Waals surface area contributed by atoms with Gasteiger partial charge in [-0.2, -0.15) is 13.2 Å². The minimum atomic E-state index is -4.64. The van der Waals surface area contributed by atoms with Crippen molar-refractivity contribution < 1.29 is 27.1 Å². The number of hydrogen-bond donors (Lipinski definition) is 0. The maximum atomic E-state index is 13.6. The molecule has 156 valence electrons. The van der Waals surface area contributed by atoms with Crippen molar-refractivity contribution in [2.24, 2.45) is 0 Å². The van der Waals surface area contributed by atoms with E-state index in [0.717, 1.165) is 18.2 Å². The van der Waals surface area contributed by atoms with Gasteiger partial charge in [-0.25, -0.2) is 9.18 Å². The number of hydrogen-bond acceptors (Lipinski definition) is 2. The average Bonchev–Trinajstić information content (AvgIpc) is 2.65. The summed E-state index contributed by atoms with van der Waals surface area (Å²) >= 11 is 11.3. The summed E-state index contributed by atoms with van der Waals surface area (Å²) in [4.78, 5) is 12.0. The molecule has 0 aromatic heterocycles. The van der Waals surface area contributed by atoms with Crippen LogP contribution >= 0.6 is 23.2 Å². The van der Waals surface area contributed by atoms with E-state index >= 15 is 0 Å². The molecule has 0 bridgehead atoms. The summed E-state index contributed by atoms with van der Waals surface area (Å²) in [7, 11) is 0. The van der Waals surface area contributed by atoms with Crippen molar-refractivity contribution >= 4 is 35.2 Å². The molecule has 0 saturated carbocycles. The van der Waals surface area contributed by atoms with Gasteiger partial charge in [-0.1, -0.05) is 54.4 Å². The van der Waals surface area contributed by atoms with Gasteiger partial charge in [0.1, 0.15) is 0 Å². The third-order valence-corrected chi connectivity index (χ3v) is 4.75. The highest BCUT2D eigenvalue weighted by Gasteiger charge is 2.39. The first-order chi connectivity index (χ1) is 13.6. The molecule has 0 N–H and O–H groups in total. The van der Waals surface area contributed by atoms with Gasteiger partial charge < -0.3 is 4.74 Å². The summed E-state index contributed by atoms with van der Waals surface area (Å²) < 4.78 is 59.3. The first-order valence-electron chi connectivity index (χ1n) is 8.77. The lowest BCUT2D eigenvalue weighted by Crippen LogP contribution is -2.19. The summed E-state index contributed by atoms with van der Waals surface area (Å²) in [5.74, 6) is -3.49. The van der Waals surface area contributed by atoms with Crippen LogP contribution in [0.1, 0.15) is 46.8 Å². The molecule has 0 saturated heterocycles. The van der Waals surface area contributed by atoms with E-state index in [1.165, 1.54) is 18.2 Å². The molecule has 2 aromatic carbocycles. The molecule has 1 unspecified atom stereocenters. The van der Waals surface area contributed by atoms with Gasteiger partial charge in [0, 0.05) is 0 Å². The Morgan fingerprint density at radius 1 is 1.14 bits per heavy atom. The minimum absolute atomic E-state index is 0.222. The number of esters is 1. The second kappa shape index (κ2) is 9.63. The fraction of sp³-hybridized carbons (Fsp3) is 0.286. The zero-order valence-corrected chi connectivity index (χ0v) is 17.1. The monoisotopic (exact) mass is 448 g/mol. The first-order valence-corrected chi connectivity index (χ1v) is 9.53. The minimum Gasteiger partial charge on any atom is -0.462 e. The van der Waals surface area contributed by atoms with E-state index in [2.05, 4.69) is 0 Å². The molecule has 0 aliphatic rings. The number of benzene rings is 2. The normalized spacial score (nSPS) is 13.0. The predicted molar refractivity (Wildman–Crippen MR) is 106 cm³/mol. The lowest BCUT2D eigenvalue weighted by molar-refractivity contribution is -0.139. The third kappa shape index (κ3) is 5.73. The van der Waals surface area contributed by atoms with Crippen LogP contribution in [0.3, 0.4) is 0 Å². The molecule has 0 aliphatic heterocycles. The maximum Gasteiger partial charge on any atom is 0.399 e. The highest BCUT2D eigenvalue weighted by molar-refractivity contribution is 6.35. The number of alkyl halides is 3. The van der Waals surface area contributed by atoms with Crippen LogP contribution in [0.25, 0.3) is 6.08 Å². The van der Waals surface area contributed by atoms with Crippen molar-refractivity contribution in [3.05, 3.63) is 74.5 Å². The number of carbonyl (C=O) groups is 1. The SMILES string of the molecule is CCOC(=O)c1ccc(C=CC(c2cc(Cl)c(F)c(Cl)c2)C(F)(F)F)cc1CC. The van der Waals surface area contributed by atoms with E-state index in [1.54, 1.807) is 13.0 Å². The Morgan fingerprint density at radius 2 is 1.76 bits per heavy atom. The van der Waals surface area contributed by atoms with Gasteiger partial charge >= 0.3 is 12.1 Å². The van der Waals surface area contributed by atoms with Crippen LogP contribution in [0.4, 0.5) is 17.6 Å². The maximum absolute atomic E-state index is 13.6. The lowest BCUT2D eigenvalue weighted by Gasteiger charge is -2.18. The Labute approximate surface area is 176 Å². The summed E-state index contributed by atoms with van der Waals surface area (Å²) in [5, 5.41) is -0.968. The smallest absolute Gasteiger partial charge is 0.399 e. The zero-order valence-electron chi connectivity index (χ0n) is 15.6. The number of ether oxygens (including phenoxy) is 1. The molecule has 0 spiro atoms. The summed E-state index contributed by atoms with van der Waals surface area (Å²) in [6.45, 7) is 3.73. The van der Waals surface area contributed by atoms with Gasteiger partial charge in [0.05, 0.1) is 28.1 Å². The average molecular weight is 449 g/mol. The Bertz CT molecular complexity index is 900. The fourth-order valence-corrected chi connectivity index (χ4v) is 3.29. The van der Waals surface area contributed by atoms with Crippen LogP contribution in [-0.4, -0.2) is 18.8 Å². The number of carbonyl (C=O) groups excluding carboxylic acids is 1. The van der Waals surface area contributed by atoms with Crippen LogP contribution in [0.5, 0.6) is 0 Å². The van der Waals surface area contributed by atoms with E-state index in [9.17, 15) is 22.4 Å². The van der Waals surface area contributed by atoms with Gasteiger partial charge in [-0.05, 0) is 48.2 Å². The molecule has 2 aromatic rings. The van der Waals surface area contributed by atoms with Crippen LogP contribution < -0.4 is 0 Å². The molecule has 29 heavy (non-hydrogen) atoms. The van der Waals surface area contributed by atoms with E-state index in [-0.39, 0.29) is 12.2 Å². The fourth-order valence-electron chi connectivity index (χ4n) is 2.79. The topological polar surface area (TPSA) is 26.3 Å². The Hall–Kier alpha value is -2.05. The van der Waals surface area contributed by atoms with Crippen LogP contribution in [-0.2, 0) is 11.2 Å². The highest BCUT2D eigenvalue weighted by Crippen LogP contribution is 2.39. The number of halogens is 6. The zero-order chi connectivity index (χ0) is 21.8. The molecule has 0 heterocycles. The van der Waals surface area contributed by atoms with Gasteiger partial charge in [-0.15, -0.1) is 0 Å². The van der Waals surface area contributed by atoms with Crippen molar-refractivity contribution in [1.29, 1.82) is 0 Å². The van der Waals surface area contributed by atoms with Crippen LogP contribution in [0.2, 0.25) is 10.0 Å². The highest BCUT2D eigenvalue weighted by atomic mass is 35.5. The van der Waals surface area contributed by atoms with Gasteiger partial charge in [0.2, 0.25) is 0 Å². The summed E-state index contributed by atoms with van der Waals surface area (Å²) in [5.41, 5.74) is 1.23. The molecule has 0 aliphatic carbocycles. The molecule has 2 nitrogen and oxygen atoms in total. The van der Waals surface area contributed by atoms with Crippen LogP contribution in [0, 0.1) is 5.82 Å². The molecule has 0 fully saturated rings. The Morgan fingerprint density at radius 3 is 2.28 bits per heavy atom. The molecular formula is C21H18Cl2F4O2. The summed E-state index contributed by atoms with van der Waals surface area (Å²) in [6, 6.07) is 6.49. The molecule has 0 radical (unpaired) electrons. The van der Waals surface area contributed by atoms with Crippen molar-refractivity contribution in [2.45, 2.75) is 32.4 Å². The van der Waals surface area contributed by atoms with E-state index in [1.807, 2.05) is 6.92 Å². The van der Waals surface area contributed by atoms with E-state index in [0.29, 0.717) is 23.1 Å². The predicted octanol–water partition coefficient (Wildman–Crippen LogP) is 7.23. The first kappa shape index (κ1) is 23.2. The van der Waals surface area contributed by atoms with Crippen LogP contribution in [0.15, 0.2) is 36.4 Å². The molecule has 2 rings (SSSR count). The van der Waals surface area contributed by atoms with Gasteiger partial charge in [0.15, 0.2) is 5.82 Å². The molecule has 0 amide bonds. The molecule has 1 atom stereocenters. The Kier molecular flexibility index (Phi) is 7.72. The van der Waals surface area contributed by atoms with Crippen molar-refractivity contribution in [1.82, 2.24) is 0 Å². The molecular weight excluding hydrogens is 431 g/mol. The number of rotatable bonds is 6. The standard InChI is InChI=1S/C21H18Cl2F4O2/c1-3-13-9-12(5-7-15(13)20(28)29-4-2)6-8-16(21(25,26)27)14-10-17(22)19(24)18(23)11-14/h5-11,16H,3-4H2,1-2H3. The lowest BCUT2D eigenvalue weighted by atomic mass is 9.96. The molecule has 8 heteroatoms. The largest absolute Gasteiger partial charge is 0.462 e. The van der Waals surface area contributed by atoms with E-state index < -0.39 is 33.9 Å². The Balaban J connectivity index is 2.41. The van der Waals surface area contributed by atoms with Crippen molar-refractivity contribution in [3.63, 3.8) is 0 Å². The second-order valence-electron chi connectivity index (χ2n) is 6.17. The number of aryl methyl sites for hydroxylation is 1. The quantitative estimate of drug-likeness (QED) is 0.264. The van der Waals surface area contributed by atoms with Crippen molar-refractivity contribution in [2.75, 3.05) is 6.61 Å².